The second-order valence-electron chi connectivity index (χ2n) is 5.23. The predicted molar refractivity (Wildman–Crippen MR) is 92.7 cm³/mol. The molecule has 0 saturated carbocycles. The molecule has 3 rings (SSSR count). The van der Waals surface area contributed by atoms with Crippen LogP contribution in [0.15, 0.2) is 53.1 Å². The number of aryl methyl sites for hydroxylation is 1. The molecule has 126 valence electrons. The molecule has 1 heterocycles. The molecule has 0 spiro atoms. The summed E-state index contributed by atoms with van der Waals surface area (Å²) >= 11 is 6.11. The van der Waals surface area contributed by atoms with E-state index in [1.165, 1.54) is 24.5 Å². The number of benzene rings is 2. The summed E-state index contributed by atoms with van der Waals surface area (Å²) in [5.74, 6) is -0.472. The number of halogens is 1. The number of carbonyl (C=O) groups is 1. The average molecular weight is 358 g/mol. The Hall–Kier alpha value is -3.19. The van der Waals surface area contributed by atoms with Crippen molar-refractivity contribution in [2.45, 2.75) is 6.92 Å². The maximum atomic E-state index is 12.3. The number of nitrogens with one attached hydrogen (secondary N) is 1. The molecular formula is C17H12ClN3O4. The van der Waals surface area contributed by atoms with Gasteiger partial charge in [-0.3, -0.25) is 20.2 Å². The Morgan fingerprint density at radius 1 is 1.28 bits per heavy atom. The second-order valence-corrected chi connectivity index (χ2v) is 5.64. The first-order valence-electron chi connectivity index (χ1n) is 7.22. The summed E-state index contributed by atoms with van der Waals surface area (Å²) in [7, 11) is 0. The SMILES string of the molecule is Cc1cc([N+](=O)[O-])ccc1C(=O)Nc1nc(-c2ccccc2Cl)co1. The molecule has 1 aromatic heterocycles. The van der Waals surface area contributed by atoms with Crippen LogP contribution in [0.3, 0.4) is 0 Å². The molecule has 0 aliphatic heterocycles. The zero-order valence-electron chi connectivity index (χ0n) is 13.0. The summed E-state index contributed by atoms with van der Waals surface area (Å²) in [5.41, 5.74) is 1.86. The molecule has 0 unspecified atom stereocenters. The molecule has 1 amide bonds. The normalized spacial score (nSPS) is 10.5. The average Bonchev–Trinajstić information content (AvgIpc) is 3.03. The molecule has 2 aromatic carbocycles. The Labute approximate surface area is 147 Å². The van der Waals surface area contributed by atoms with E-state index < -0.39 is 10.8 Å². The van der Waals surface area contributed by atoms with Crippen LogP contribution in [0.1, 0.15) is 15.9 Å². The molecular weight excluding hydrogens is 346 g/mol. The number of aromatic nitrogens is 1. The molecule has 3 aromatic rings. The highest BCUT2D eigenvalue weighted by Gasteiger charge is 2.16. The number of amides is 1. The topological polar surface area (TPSA) is 98.3 Å². The Bertz CT molecular complexity index is 968. The van der Waals surface area contributed by atoms with E-state index in [-0.39, 0.29) is 11.7 Å². The lowest BCUT2D eigenvalue weighted by atomic mass is 10.1. The molecule has 0 aliphatic rings. The Balaban J connectivity index is 1.81. The Morgan fingerprint density at radius 3 is 2.72 bits per heavy atom. The minimum absolute atomic E-state index is 0.0117. The van der Waals surface area contributed by atoms with Crippen LogP contribution in [0.5, 0.6) is 0 Å². The summed E-state index contributed by atoms with van der Waals surface area (Å²) < 4.78 is 5.26. The molecule has 0 bridgehead atoms. The summed E-state index contributed by atoms with van der Waals surface area (Å²) in [5, 5.41) is 13.8. The van der Waals surface area contributed by atoms with Crippen molar-refractivity contribution < 1.29 is 14.1 Å². The van der Waals surface area contributed by atoms with Gasteiger partial charge in [0.1, 0.15) is 12.0 Å². The van der Waals surface area contributed by atoms with Crippen LogP contribution in [-0.4, -0.2) is 15.8 Å². The molecule has 0 radical (unpaired) electrons. The highest BCUT2D eigenvalue weighted by atomic mass is 35.5. The monoisotopic (exact) mass is 357 g/mol. The number of hydrogen-bond acceptors (Lipinski definition) is 5. The third-order valence-corrected chi connectivity index (χ3v) is 3.87. The van der Waals surface area contributed by atoms with E-state index in [1.807, 2.05) is 6.07 Å². The molecule has 0 fully saturated rings. The summed E-state index contributed by atoms with van der Waals surface area (Å²) in [6.07, 6.45) is 1.39. The third kappa shape index (κ3) is 3.51. The summed E-state index contributed by atoms with van der Waals surface area (Å²) in [6.45, 7) is 1.62. The fraction of sp³-hybridized carbons (Fsp3) is 0.0588. The number of nitrogens with zero attached hydrogens (tertiary/aromatic N) is 2. The van der Waals surface area contributed by atoms with Crippen LogP contribution in [0, 0.1) is 17.0 Å². The lowest BCUT2D eigenvalue weighted by Gasteiger charge is -2.04. The van der Waals surface area contributed by atoms with Gasteiger partial charge < -0.3 is 4.42 Å². The van der Waals surface area contributed by atoms with Gasteiger partial charge in [-0.1, -0.05) is 29.8 Å². The van der Waals surface area contributed by atoms with Crippen LogP contribution in [0.4, 0.5) is 11.7 Å². The molecule has 0 aliphatic carbocycles. The fourth-order valence-corrected chi connectivity index (χ4v) is 2.54. The van der Waals surface area contributed by atoms with E-state index in [4.69, 9.17) is 16.0 Å². The van der Waals surface area contributed by atoms with Gasteiger partial charge in [-0.05, 0) is 24.6 Å². The number of nitro groups is 1. The minimum atomic E-state index is -0.515. The highest BCUT2D eigenvalue weighted by Crippen LogP contribution is 2.28. The summed E-state index contributed by atoms with van der Waals surface area (Å²) in [4.78, 5) is 26.8. The lowest BCUT2D eigenvalue weighted by Crippen LogP contribution is -2.13. The van der Waals surface area contributed by atoms with Crippen LogP contribution in [0.2, 0.25) is 5.02 Å². The third-order valence-electron chi connectivity index (χ3n) is 3.54. The van der Waals surface area contributed by atoms with Crippen molar-refractivity contribution in [1.82, 2.24) is 4.98 Å². The molecule has 0 saturated heterocycles. The maximum absolute atomic E-state index is 12.3. The van der Waals surface area contributed by atoms with Crippen molar-refractivity contribution in [2.24, 2.45) is 0 Å². The van der Waals surface area contributed by atoms with Gasteiger partial charge in [0.25, 0.3) is 11.6 Å². The van der Waals surface area contributed by atoms with Gasteiger partial charge in [0, 0.05) is 23.3 Å². The first-order valence-corrected chi connectivity index (χ1v) is 7.60. The molecule has 7 nitrogen and oxygen atoms in total. The first kappa shape index (κ1) is 16.7. The zero-order chi connectivity index (χ0) is 18.0. The van der Waals surface area contributed by atoms with E-state index in [9.17, 15) is 14.9 Å². The quantitative estimate of drug-likeness (QED) is 0.549. The Morgan fingerprint density at radius 2 is 2.04 bits per heavy atom. The van der Waals surface area contributed by atoms with E-state index >= 15 is 0 Å². The summed E-state index contributed by atoms with van der Waals surface area (Å²) in [6, 6.07) is 11.1. The van der Waals surface area contributed by atoms with E-state index in [0.717, 1.165) is 0 Å². The van der Waals surface area contributed by atoms with Gasteiger partial charge in [0.05, 0.1) is 9.95 Å². The van der Waals surface area contributed by atoms with Crippen LogP contribution < -0.4 is 5.32 Å². The lowest BCUT2D eigenvalue weighted by molar-refractivity contribution is -0.384. The number of rotatable bonds is 4. The van der Waals surface area contributed by atoms with Crippen molar-refractivity contribution in [3.63, 3.8) is 0 Å². The van der Waals surface area contributed by atoms with Crippen LogP contribution in [0.25, 0.3) is 11.3 Å². The van der Waals surface area contributed by atoms with Crippen molar-refractivity contribution in [3.05, 3.63) is 75.0 Å². The largest absolute Gasteiger partial charge is 0.431 e. The van der Waals surface area contributed by atoms with Crippen molar-refractivity contribution in [2.75, 3.05) is 5.32 Å². The maximum Gasteiger partial charge on any atom is 0.302 e. The van der Waals surface area contributed by atoms with E-state index in [2.05, 4.69) is 10.3 Å². The number of anilines is 1. The number of nitro benzene ring substituents is 1. The highest BCUT2D eigenvalue weighted by molar-refractivity contribution is 6.33. The number of hydrogen-bond donors (Lipinski definition) is 1. The fourth-order valence-electron chi connectivity index (χ4n) is 2.30. The second kappa shape index (κ2) is 6.74. The molecule has 8 heteroatoms. The van der Waals surface area contributed by atoms with Gasteiger partial charge in [0.2, 0.25) is 0 Å². The van der Waals surface area contributed by atoms with Gasteiger partial charge in [0.15, 0.2) is 0 Å². The van der Waals surface area contributed by atoms with Crippen molar-refractivity contribution in [3.8, 4) is 11.3 Å². The Kier molecular flexibility index (Phi) is 4.49. The molecule has 1 N–H and O–H groups in total. The van der Waals surface area contributed by atoms with Gasteiger partial charge >= 0.3 is 6.01 Å². The van der Waals surface area contributed by atoms with Crippen molar-refractivity contribution >= 4 is 29.2 Å². The first-order chi connectivity index (χ1) is 12.0. The number of carbonyl (C=O) groups excluding carboxylic acids is 1. The van der Waals surface area contributed by atoms with Gasteiger partial charge in [-0.2, -0.15) is 4.98 Å². The smallest absolute Gasteiger partial charge is 0.302 e. The molecule has 0 atom stereocenters. The van der Waals surface area contributed by atoms with Crippen molar-refractivity contribution in [1.29, 1.82) is 0 Å². The van der Waals surface area contributed by atoms with Crippen LogP contribution in [-0.2, 0) is 0 Å². The number of oxazole rings is 1. The molecule has 25 heavy (non-hydrogen) atoms. The number of non-ortho nitro benzene ring substituents is 1. The van der Waals surface area contributed by atoms with E-state index in [0.29, 0.717) is 27.4 Å². The van der Waals surface area contributed by atoms with Crippen LogP contribution >= 0.6 is 11.6 Å². The predicted octanol–water partition coefficient (Wildman–Crippen LogP) is 4.46. The standard InChI is InChI=1S/C17H12ClN3O4/c1-10-8-11(21(23)24)6-7-12(10)16(22)20-17-19-15(9-25-17)13-4-2-3-5-14(13)18/h2-9H,1H3,(H,19,20,22). The van der Waals surface area contributed by atoms with E-state index in [1.54, 1.807) is 25.1 Å². The van der Waals surface area contributed by atoms with Gasteiger partial charge in [-0.25, -0.2) is 0 Å². The zero-order valence-corrected chi connectivity index (χ0v) is 13.8. The van der Waals surface area contributed by atoms with Gasteiger partial charge in [-0.15, -0.1) is 0 Å². The minimum Gasteiger partial charge on any atom is -0.431 e.